The van der Waals surface area contributed by atoms with Gasteiger partial charge in [-0.3, -0.25) is 0 Å². The number of hydrogen-bond donors (Lipinski definition) is 1. The van der Waals surface area contributed by atoms with Crippen LogP contribution in [0.25, 0.3) is 22.5 Å². The topological polar surface area (TPSA) is 92.0 Å². The maximum Gasteiger partial charge on any atom is 0.210 e. The zero-order valence-electron chi connectivity index (χ0n) is 13.4. The minimum absolute atomic E-state index is 0.520. The van der Waals surface area contributed by atoms with Gasteiger partial charge in [-0.2, -0.15) is 0 Å². The van der Waals surface area contributed by atoms with Gasteiger partial charge < -0.3 is 15.0 Å². The number of para-hydroxylation sites is 2. The number of nitrogens with two attached hydrogens (primary N) is 1. The van der Waals surface area contributed by atoms with E-state index in [0.717, 1.165) is 22.4 Å². The zero-order chi connectivity index (χ0) is 17.2. The van der Waals surface area contributed by atoms with E-state index >= 15 is 0 Å². The molecular weight excluding hydrogens is 338 g/mol. The fourth-order valence-electron chi connectivity index (χ4n) is 2.42. The first-order valence-electron chi connectivity index (χ1n) is 7.57. The van der Waals surface area contributed by atoms with Crippen LogP contribution >= 0.6 is 11.8 Å². The average Bonchev–Trinajstić information content (AvgIpc) is 3.23. The SMILES string of the molecule is COc1ccc(-c2nnc(SCc3nc4ccccc4o3)n2N)cc1. The number of benzene rings is 2. The molecule has 0 amide bonds. The van der Waals surface area contributed by atoms with Gasteiger partial charge in [-0.05, 0) is 36.4 Å². The van der Waals surface area contributed by atoms with E-state index in [-0.39, 0.29) is 0 Å². The zero-order valence-corrected chi connectivity index (χ0v) is 14.2. The van der Waals surface area contributed by atoms with Crippen molar-refractivity contribution in [2.24, 2.45) is 0 Å². The first kappa shape index (κ1) is 15.5. The molecular formula is C17H15N5O2S. The Labute approximate surface area is 147 Å². The third-order valence-electron chi connectivity index (χ3n) is 3.68. The number of fused-ring (bicyclic) bond motifs is 1. The molecule has 7 nitrogen and oxygen atoms in total. The quantitative estimate of drug-likeness (QED) is 0.435. The molecule has 0 bridgehead atoms. The summed E-state index contributed by atoms with van der Waals surface area (Å²) in [7, 11) is 1.63. The van der Waals surface area contributed by atoms with Crippen LogP contribution in [-0.4, -0.2) is 27.0 Å². The average molecular weight is 353 g/mol. The maximum absolute atomic E-state index is 6.13. The Morgan fingerprint density at radius 2 is 1.92 bits per heavy atom. The van der Waals surface area contributed by atoms with Crippen LogP contribution in [0.3, 0.4) is 0 Å². The molecule has 4 aromatic rings. The number of aromatic nitrogens is 4. The van der Waals surface area contributed by atoms with E-state index < -0.39 is 0 Å². The van der Waals surface area contributed by atoms with Crippen molar-refractivity contribution in [3.05, 3.63) is 54.4 Å². The normalized spacial score (nSPS) is 11.1. The van der Waals surface area contributed by atoms with Crippen molar-refractivity contribution >= 4 is 22.9 Å². The van der Waals surface area contributed by atoms with Gasteiger partial charge in [0.05, 0.1) is 12.9 Å². The van der Waals surface area contributed by atoms with Gasteiger partial charge in [0.15, 0.2) is 11.4 Å². The number of nitrogens with zero attached hydrogens (tertiary/aromatic N) is 4. The first-order chi connectivity index (χ1) is 12.2. The van der Waals surface area contributed by atoms with Crippen molar-refractivity contribution in [3.63, 3.8) is 0 Å². The molecule has 0 unspecified atom stereocenters. The van der Waals surface area contributed by atoms with E-state index in [1.807, 2.05) is 48.5 Å². The lowest BCUT2D eigenvalue weighted by atomic mass is 10.2. The molecule has 0 aliphatic rings. The molecule has 2 aromatic carbocycles. The Kier molecular flexibility index (Phi) is 4.02. The van der Waals surface area contributed by atoms with Crippen LogP contribution < -0.4 is 10.6 Å². The number of thioether (sulfide) groups is 1. The largest absolute Gasteiger partial charge is 0.497 e. The molecule has 8 heteroatoms. The number of ether oxygens (including phenoxy) is 1. The summed E-state index contributed by atoms with van der Waals surface area (Å²) in [6, 6.07) is 15.2. The Bertz CT molecular complexity index is 976. The predicted octanol–water partition coefficient (Wildman–Crippen LogP) is 3.10. The van der Waals surface area contributed by atoms with Gasteiger partial charge in [0.25, 0.3) is 0 Å². The van der Waals surface area contributed by atoms with Crippen LogP contribution in [0.4, 0.5) is 0 Å². The number of oxazole rings is 1. The third-order valence-corrected chi connectivity index (χ3v) is 4.60. The molecule has 0 aliphatic carbocycles. The van der Waals surface area contributed by atoms with Crippen molar-refractivity contribution < 1.29 is 9.15 Å². The van der Waals surface area contributed by atoms with E-state index in [1.165, 1.54) is 16.4 Å². The maximum atomic E-state index is 6.13. The van der Waals surface area contributed by atoms with Crippen molar-refractivity contribution in [3.8, 4) is 17.1 Å². The molecule has 0 saturated heterocycles. The molecule has 2 aromatic heterocycles. The summed E-state index contributed by atoms with van der Waals surface area (Å²) in [5.41, 5.74) is 2.47. The number of hydrogen-bond acceptors (Lipinski definition) is 7. The van der Waals surface area contributed by atoms with Crippen molar-refractivity contribution in [2.45, 2.75) is 10.9 Å². The van der Waals surface area contributed by atoms with Gasteiger partial charge >= 0.3 is 0 Å². The Hall–Kier alpha value is -3.00. The van der Waals surface area contributed by atoms with Gasteiger partial charge in [-0.15, -0.1) is 10.2 Å². The first-order valence-corrected chi connectivity index (χ1v) is 8.55. The fraction of sp³-hybridized carbons (Fsp3) is 0.118. The predicted molar refractivity (Wildman–Crippen MR) is 95.7 cm³/mol. The van der Waals surface area contributed by atoms with Gasteiger partial charge in [0.2, 0.25) is 11.0 Å². The molecule has 0 spiro atoms. The summed E-state index contributed by atoms with van der Waals surface area (Å²) >= 11 is 1.42. The summed E-state index contributed by atoms with van der Waals surface area (Å²) in [4.78, 5) is 4.44. The van der Waals surface area contributed by atoms with Crippen LogP contribution in [0.2, 0.25) is 0 Å². The van der Waals surface area contributed by atoms with E-state index in [9.17, 15) is 0 Å². The van der Waals surface area contributed by atoms with Crippen molar-refractivity contribution in [2.75, 3.05) is 13.0 Å². The molecule has 0 radical (unpaired) electrons. The fourth-order valence-corrected chi connectivity index (χ4v) is 3.12. The lowest BCUT2D eigenvalue weighted by molar-refractivity contribution is 0.415. The van der Waals surface area contributed by atoms with E-state index in [4.69, 9.17) is 15.0 Å². The van der Waals surface area contributed by atoms with Crippen LogP contribution in [0.5, 0.6) is 5.75 Å². The number of rotatable bonds is 5. The highest BCUT2D eigenvalue weighted by molar-refractivity contribution is 7.98. The molecule has 0 fully saturated rings. The summed E-state index contributed by atoms with van der Waals surface area (Å²) in [5, 5.41) is 8.92. The van der Waals surface area contributed by atoms with Gasteiger partial charge in [0.1, 0.15) is 11.3 Å². The Balaban J connectivity index is 1.52. The van der Waals surface area contributed by atoms with Crippen LogP contribution in [0, 0.1) is 0 Å². The van der Waals surface area contributed by atoms with Crippen LogP contribution in [-0.2, 0) is 5.75 Å². The van der Waals surface area contributed by atoms with Crippen LogP contribution in [0.15, 0.2) is 58.1 Å². The third kappa shape index (κ3) is 3.03. The minimum Gasteiger partial charge on any atom is -0.497 e. The Morgan fingerprint density at radius 1 is 1.12 bits per heavy atom. The van der Waals surface area contributed by atoms with E-state index in [2.05, 4.69) is 15.2 Å². The van der Waals surface area contributed by atoms with Crippen molar-refractivity contribution in [1.29, 1.82) is 0 Å². The molecule has 2 heterocycles. The molecule has 126 valence electrons. The number of nitrogen functional groups attached to an aromatic ring is 1. The van der Waals surface area contributed by atoms with E-state index in [0.29, 0.717) is 22.6 Å². The van der Waals surface area contributed by atoms with Gasteiger partial charge in [-0.1, -0.05) is 23.9 Å². The standard InChI is InChI=1S/C17H15N5O2S/c1-23-12-8-6-11(7-9-12)16-20-21-17(22(16)18)25-10-15-19-13-4-2-3-5-14(13)24-15/h2-9H,10,18H2,1H3. The smallest absolute Gasteiger partial charge is 0.210 e. The van der Waals surface area contributed by atoms with Gasteiger partial charge in [-0.25, -0.2) is 9.66 Å². The summed E-state index contributed by atoms with van der Waals surface area (Å²) in [5.74, 6) is 8.64. The highest BCUT2D eigenvalue weighted by atomic mass is 32.2. The second-order valence-corrected chi connectivity index (χ2v) is 6.21. The molecule has 0 aliphatic heterocycles. The highest BCUT2D eigenvalue weighted by Crippen LogP contribution is 2.26. The summed E-state index contributed by atoms with van der Waals surface area (Å²) < 4.78 is 12.3. The molecule has 0 saturated carbocycles. The highest BCUT2D eigenvalue weighted by Gasteiger charge is 2.14. The number of methoxy groups -OCH3 is 1. The monoisotopic (exact) mass is 353 g/mol. The Morgan fingerprint density at radius 3 is 2.68 bits per heavy atom. The molecule has 25 heavy (non-hydrogen) atoms. The minimum atomic E-state index is 0.520. The molecule has 4 rings (SSSR count). The summed E-state index contributed by atoms with van der Waals surface area (Å²) in [6.07, 6.45) is 0. The van der Waals surface area contributed by atoms with Gasteiger partial charge in [0, 0.05) is 5.56 Å². The lowest BCUT2D eigenvalue weighted by Gasteiger charge is -2.04. The van der Waals surface area contributed by atoms with Crippen LogP contribution in [0.1, 0.15) is 5.89 Å². The summed E-state index contributed by atoms with van der Waals surface area (Å²) in [6.45, 7) is 0. The molecule has 2 N–H and O–H groups in total. The molecule has 0 atom stereocenters. The van der Waals surface area contributed by atoms with Crippen molar-refractivity contribution in [1.82, 2.24) is 19.9 Å². The second kappa shape index (κ2) is 6.48. The van der Waals surface area contributed by atoms with E-state index in [1.54, 1.807) is 7.11 Å². The second-order valence-electron chi connectivity index (χ2n) is 5.27. The lowest BCUT2D eigenvalue weighted by Crippen LogP contribution is -2.11.